The third-order valence-electron chi connectivity index (χ3n) is 1.72. The monoisotopic (exact) mass is 179 g/mol. The molecule has 1 aromatic carbocycles. The molecule has 0 saturated carbocycles. The maximum Gasteiger partial charge on any atom is 0.284 e. The molecule has 0 bridgehead atoms. The fourth-order valence-corrected chi connectivity index (χ4v) is 1.17. The summed E-state index contributed by atoms with van der Waals surface area (Å²) in [6.45, 7) is 0. The molecule has 6 nitrogen and oxygen atoms in total. The van der Waals surface area contributed by atoms with Gasteiger partial charge in [0.1, 0.15) is 5.75 Å². The van der Waals surface area contributed by atoms with Crippen molar-refractivity contribution < 1.29 is 10.0 Å². The zero-order chi connectivity index (χ0) is 9.42. The van der Waals surface area contributed by atoms with E-state index in [9.17, 15) is 10.1 Å². The van der Waals surface area contributed by atoms with Crippen molar-refractivity contribution in [2.75, 3.05) is 0 Å². The standard InChI is InChI=1S/C7H5N3O3/c11-4-1-6-5(3-8-9-6)7(2-4)10(12)13/h1-3,11H,(H,8,9). The summed E-state index contributed by atoms with van der Waals surface area (Å²) in [5.41, 5.74) is 0.301. The average molecular weight is 179 g/mol. The minimum atomic E-state index is -0.558. The molecule has 6 heteroatoms. The number of phenolic OH excluding ortho intramolecular Hbond substituents is 1. The topological polar surface area (TPSA) is 92.0 Å². The lowest BCUT2D eigenvalue weighted by molar-refractivity contribution is -0.383. The summed E-state index contributed by atoms with van der Waals surface area (Å²) in [6, 6.07) is 2.48. The van der Waals surface area contributed by atoms with Crippen LogP contribution in [0.1, 0.15) is 0 Å². The molecule has 0 amide bonds. The van der Waals surface area contributed by atoms with E-state index in [-0.39, 0.29) is 11.4 Å². The lowest BCUT2D eigenvalue weighted by Gasteiger charge is -1.94. The molecule has 1 aromatic heterocycles. The highest BCUT2D eigenvalue weighted by atomic mass is 16.6. The predicted molar refractivity (Wildman–Crippen MR) is 44.4 cm³/mol. The Hall–Kier alpha value is -2.11. The molecule has 0 saturated heterocycles. The van der Waals surface area contributed by atoms with Gasteiger partial charge in [0.05, 0.1) is 28.1 Å². The number of benzene rings is 1. The summed E-state index contributed by atoms with van der Waals surface area (Å²) in [6.07, 6.45) is 1.35. The van der Waals surface area contributed by atoms with E-state index in [1.165, 1.54) is 12.3 Å². The first-order valence-electron chi connectivity index (χ1n) is 3.49. The Morgan fingerprint density at radius 3 is 3.00 bits per heavy atom. The number of non-ortho nitro benzene ring substituents is 1. The van der Waals surface area contributed by atoms with Crippen molar-refractivity contribution in [2.45, 2.75) is 0 Å². The Labute approximate surface area is 72.0 Å². The van der Waals surface area contributed by atoms with Crippen molar-refractivity contribution in [2.24, 2.45) is 0 Å². The van der Waals surface area contributed by atoms with Crippen LogP contribution < -0.4 is 0 Å². The number of nitrogens with zero attached hydrogens (tertiary/aromatic N) is 2. The zero-order valence-corrected chi connectivity index (χ0v) is 6.39. The molecular formula is C7H5N3O3. The van der Waals surface area contributed by atoms with Crippen LogP contribution >= 0.6 is 0 Å². The second kappa shape index (κ2) is 2.44. The first-order valence-corrected chi connectivity index (χ1v) is 3.49. The summed E-state index contributed by atoms with van der Waals surface area (Å²) in [5, 5.41) is 26.2. The summed E-state index contributed by atoms with van der Waals surface area (Å²) in [5.74, 6) is -0.150. The van der Waals surface area contributed by atoms with Gasteiger partial charge in [0.2, 0.25) is 0 Å². The van der Waals surface area contributed by atoms with Gasteiger partial charge in [-0.15, -0.1) is 0 Å². The summed E-state index contributed by atoms with van der Waals surface area (Å²) < 4.78 is 0. The van der Waals surface area contributed by atoms with Crippen LogP contribution in [0.2, 0.25) is 0 Å². The van der Waals surface area contributed by atoms with E-state index in [2.05, 4.69) is 10.2 Å². The lowest BCUT2D eigenvalue weighted by Crippen LogP contribution is -1.87. The van der Waals surface area contributed by atoms with E-state index >= 15 is 0 Å². The van der Waals surface area contributed by atoms with Gasteiger partial charge in [-0.3, -0.25) is 15.2 Å². The van der Waals surface area contributed by atoms with Crippen molar-refractivity contribution >= 4 is 16.6 Å². The fourth-order valence-electron chi connectivity index (χ4n) is 1.17. The highest BCUT2D eigenvalue weighted by Gasteiger charge is 2.14. The number of H-pyrrole nitrogens is 1. The number of aromatic nitrogens is 2. The van der Waals surface area contributed by atoms with Gasteiger partial charge in [0, 0.05) is 6.07 Å². The van der Waals surface area contributed by atoms with Crippen molar-refractivity contribution in [3.8, 4) is 5.75 Å². The highest BCUT2D eigenvalue weighted by Crippen LogP contribution is 2.28. The van der Waals surface area contributed by atoms with Crippen LogP contribution in [0.5, 0.6) is 5.75 Å². The fraction of sp³-hybridized carbons (Fsp3) is 0. The van der Waals surface area contributed by atoms with Crippen molar-refractivity contribution in [3.05, 3.63) is 28.4 Å². The maximum atomic E-state index is 10.5. The van der Waals surface area contributed by atoms with Gasteiger partial charge in [-0.2, -0.15) is 5.10 Å². The second-order valence-corrected chi connectivity index (χ2v) is 2.55. The first kappa shape index (κ1) is 7.53. The van der Waals surface area contributed by atoms with Crippen LogP contribution in [-0.2, 0) is 0 Å². The van der Waals surface area contributed by atoms with Gasteiger partial charge in [-0.25, -0.2) is 0 Å². The summed E-state index contributed by atoms with van der Waals surface area (Å²) in [7, 11) is 0. The zero-order valence-electron chi connectivity index (χ0n) is 6.39. The van der Waals surface area contributed by atoms with Crippen molar-refractivity contribution in [1.29, 1.82) is 0 Å². The molecule has 0 radical (unpaired) electrons. The quantitative estimate of drug-likeness (QED) is 0.507. The van der Waals surface area contributed by atoms with E-state index < -0.39 is 4.92 Å². The molecule has 0 aliphatic rings. The van der Waals surface area contributed by atoms with Crippen LogP contribution in [-0.4, -0.2) is 20.2 Å². The predicted octanol–water partition coefficient (Wildman–Crippen LogP) is 1.18. The van der Waals surface area contributed by atoms with Gasteiger partial charge in [-0.05, 0) is 0 Å². The van der Waals surface area contributed by atoms with E-state index in [1.807, 2.05) is 0 Å². The van der Waals surface area contributed by atoms with E-state index in [0.717, 1.165) is 6.07 Å². The normalized spacial score (nSPS) is 10.5. The summed E-state index contributed by atoms with van der Waals surface area (Å²) in [4.78, 5) is 9.96. The molecule has 0 spiro atoms. The Morgan fingerprint density at radius 1 is 1.54 bits per heavy atom. The summed E-state index contributed by atoms with van der Waals surface area (Å²) >= 11 is 0. The SMILES string of the molecule is O=[N+]([O-])c1cc(O)cc2[nH]ncc12. The molecule has 0 unspecified atom stereocenters. The number of aromatic amines is 1. The third-order valence-corrected chi connectivity index (χ3v) is 1.72. The lowest BCUT2D eigenvalue weighted by atomic mass is 10.2. The Bertz CT molecular complexity index is 477. The maximum absolute atomic E-state index is 10.5. The third kappa shape index (κ3) is 1.08. The van der Waals surface area contributed by atoms with Gasteiger partial charge in [0.15, 0.2) is 0 Å². The molecule has 2 aromatic rings. The van der Waals surface area contributed by atoms with Crippen molar-refractivity contribution in [3.63, 3.8) is 0 Å². The van der Waals surface area contributed by atoms with E-state index in [0.29, 0.717) is 10.9 Å². The molecule has 0 aliphatic carbocycles. The van der Waals surface area contributed by atoms with E-state index in [1.54, 1.807) is 0 Å². The number of nitro benzene ring substituents is 1. The van der Waals surface area contributed by atoms with Crippen LogP contribution in [0.15, 0.2) is 18.3 Å². The molecule has 0 aliphatic heterocycles. The van der Waals surface area contributed by atoms with Crippen molar-refractivity contribution in [1.82, 2.24) is 10.2 Å². The second-order valence-electron chi connectivity index (χ2n) is 2.55. The molecule has 0 fully saturated rings. The Kier molecular flexibility index (Phi) is 1.42. The van der Waals surface area contributed by atoms with Crippen LogP contribution in [0.4, 0.5) is 5.69 Å². The van der Waals surface area contributed by atoms with Crippen LogP contribution in [0.25, 0.3) is 10.9 Å². The molecule has 0 atom stereocenters. The average Bonchev–Trinajstić information content (AvgIpc) is 2.49. The molecule has 13 heavy (non-hydrogen) atoms. The molecule has 66 valence electrons. The molecule has 2 N–H and O–H groups in total. The molecular weight excluding hydrogens is 174 g/mol. The smallest absolute Gasteiger partial charge is 0.284 e. The highest BCUT2D eigenvalue weighted by molar-refractivity contribution is 5.88. The van der Waals surface area contributed by atoms with E-state index in [4.69, 9.17) is 5.11 Å². The number of hydrogen-bond donors (Lipinski definition) is 2. The van der Waals surface area contributed by atoms with Gasteiger partial charge >= 0.3 is 0 Å². The number of nitro groups is 1. The number of aromatic hydroxyl groups is 1. The van der Waals surface area contributed by atoms with Gasteiger partial charge in [-0.1, -0.05) is 0 Å². The Morgan fingerprint density at radius 2 is 2.31 bits per heavy atom. The number of hydrogen-bond acceptors (Lipinski definition) is 4. The van der Waals surface area contributed by atoms with Gasteiger partial charge < -0.3 is 5.11 Å². The molecule has 1 heterocycles. The molecule has 2 rings (SSSR count). The minimum absolute atomic E-state index is 0.149. The number of phenols is 1. The minimum Gasteiger partial charge on any atom is -0.508 e. The van der Waals surface area contributed by atoms with Crippen LogP contribution in [0.3, 0.4) is 0 Å². The first-order chi connectivity index (χ1) is 6.18. The number of nitrogens with one attached hydrogen (secondary N) is 1. The van der Waals surface area contributed by atoms with Crippen LogP contribution in [0, 0.1) is 10.1 Å². The number of rotatable bonds is 1. The Balaban J connectivity index is 2.84. The largest absolute Gasteiger partial charge is 0.508 e. The van der Waals surface area contributed by atoms with Gasteiger partial charge in [0.25, 0.3) is 5.69 Å². The number of fused-ring (bicyclic) bond motifs is 1.